The third kappa shape index (κ3) is 2.68. The summed E-state index contributed by atoms with van der Waals surface area (Å²) in [6, 6.07) is 9.69. The Morgan fingerprint density at radius 2 is 2.00 bits per heavy atom. The molecule has 3 heteroatoms. The molecule has 1 unspecified atom stereocenters. The van der Waals surface area contributed by atoms with E-state index in [-0.39, 0.29) is 0 Å². The first kappa shape index (κ1) is 9.29. The van der Waals surface area contributed by atoms with E-state index in [1.165, 1.54) is 0 Å². The summed E-state index contributed by atoms with van der Waals surface area (Å²) in [5.74, 6) is 4.09. The van der Waals surface area contributed by atoms with Crippen LogP contribution in [0.2, 0.25) is 0 Å². The molecular weight excluding hydrogens is 170 g/mol. The predicted octanol–water partition coefficient (Wildman–Crippen LogP) is 1.04. The zero-order chi connectivity index (χ0) is 9.03. The van der Waals surface area contributed by atoms with Crippen molar-refractivity contribution < 1.29 is 4.21 Å². The number of hydrogen-bond donors (Lipinski definition) is 1. The molecule has 1 atom stereocenters. The van der Waals surface area contributed by atoms with Crippen LogP contribution in [0.3, 0.4) is 0 Å². The Balaban J connectivity index is 2.78. The molecule has 12 heavy (non-hydrogen) atoms. The molecule has 1 aromatic carbocycles. The molecule has 0 aromatic heterocycles. The molecule has 0 aliphatic heterocycles. The highest BCUT2D eigenvalue weighted by molar-refractivity contribution is 7.97. The maximum Gasteiger partial charge on any atom is 0.0539 e. The molecule has 1 aromatic rings. The molecule has 0 bridgehead atoms. The zero-order valence-corrected chi connectivity index (χ0v) is 7.93. The summed E-state index contributed by atoms with van der Waals surface area (Å²) in [7, 11) is -0.458. The Kier molecular flexibility index (Phi) is 2.89. The minimum absolute atomic E-state index is 0.490. The van der Waals surface area contributed by atoms with Crippen molar-refractivity contribution in [2.75, 3.05) is 7.05 Å². The molecule has 0 saturated heterocycles. The second-order valence-electron chi connectivity index (χ2n) is 2.65. The standard InChI is InChI=1S/C9H13NOS/c1-10-12(2,11)8-9-6-4-3-5-7-9/h3-7H,2,8H2,1H3,(H,10,11). The molecule has 0 saturated carbocycles. The van der Waals surface area contributed by atoms with Gasteiger partial charge in [0, 0.05) is 9.71 Å². The van der Waals surface area contributed by atoms with Crippen LogP contribution >= 0.6 is 0 Å². The van der Waals surface area contributed by atoms with Gasteiger partial charge in [0.25, 0.3) is 0 Å². The van der Waals surface area contributed by atoms with Crippen molar-refractivity contribution in [3.63, 3.8) is 0 Å². The van der Waals surface area contributed by atoms with Gasteiger partial charge in [0.15, 0.2) is 0 Å². The first-order valence-electron chi connectivity index (χ1n) is 3.71. The van der Waals surface area contributed by atoms with Gasteiger partial charge in [0.05, 0.1) is 5.75 Å². The summed E-state index contributed by atoms with van der Waals surface area (Å²) in [6.45, 7) is 0. The zero-order valence-electron chi connectivity index (χ0n) is 7.12. The summed E-state index contributed by atoms with van der Waals surface area (Å²) in [5, 5.41) is 0. The average Bonchev–Trinajstić information content (AvgIpc) is 2.06. The fourth-order valence-corrected chi connectivity index (χ4v) is 1.79. The van der Waals surface area contributed by atoms with E-state index < -0.39 is 9.71 Å². The fourth-order valence-electron chi connectivity index (χ4n) is 0.916. The lowest BCUT2D eigenvalue weighted by atomic mass is 10.2. The third-order valence-electron chi connectivity index (χ3n) is 1.61. The van der Waals surface area contributed by atoms with Gasteiger partial charge in [-0.25, -0.2) is 4.72 Å². The van der Waals surface area contributed by atoms with Gasteiger partial charge in [-0.2, -0.15) is 0 Å². The second kappa shape index (κ2) is 3.74. The van der Waals surface area contributed by atoms with Gasteiger partial charge in [0.1, 0.15) is 0 Å². The molecule has 1 rings (SSSR count). The monoisotopic (exact) mass is 183 g/mol. The molecular formula is C9H13NOS. The topological polar surface area (TPSA) is 29.1 Å². The van der Waals surface area contributed by atoms with E-state index in [4.69, 9.17) is 0 Å². The molecule has 0 heterocycles. The first-order chi connectivity index (χ1) is 5.64. The van der Waals surface area contributed by atoms with Crippen LogP contribution in [0.1, 0.15) is 5.56 Å². The quantitative estimate of drug-likeness (QED) is 0.697. The number of hydrogen-bond acceptors (Lipinski definition) is 1. The van der Waals surface area contributed by atoms with Crippen molar-refractivity contribution >= 4 is 15.6 Å². The highest BCUT2D eigenvalue weighted by Crippen LogP contribution is 2.02. The van der Waals surface area contributed by atoms with Gasteiger partial charge in [-0.3, -0.25) is 4.21 Å². The van der Waals surface area contributed by atoms with Gasteiger partial charge in [0.2, 0.25) is 0 Å². The third-order valence-corrected chi connectivity index (χ3v) is 3.16. The summed E-state index contributed by atoms with van der Waals surface area (Å²) in [5.41, 5.74) is 1.05. The van der Waals surface area contributed by atoms with E-state index in [9.17, 15) is 4.21 Å². The number of benzene rings is 1. The van der Waals surface area contributed by atoms with Gasteiger partial charge in [-0.15, -0.1) is 0 Å². The smallest absolute Gasteiger partial charge is 0.0539 e. The Morgan fingerprint density at radius 3 is 2.50 bits per heavy atom. The lowest BCUT2D eigenvalue weighted by Gasteiger charge is -2.06. The van der Waals surface area contributed by atoms with E-state index >= 15 is 0 Å². The molecule has 0 spiro atoms. The second-order valence-corrected chi connectivity index (χ2v) is 4.97. The summed E-state index contributed by atoms with van der Waals surface area (Å²) >= 11 is 0. The predicted molar refractivity (Wildman–Crippen MR) is 54.5 cm³/mol. The van der Waals surface area contributed by atoms with Crippen LogP contribution in [0.15, 0.2) is 30.3 Å². The molecule has 0 radical (unpaired) electrons. The van der Waals surface area contributed by atoms with E-state index in [0.717, 1.165) is 5.56 Å². The van der Waals surface area contributed by atoms with Crippen LogP contribution in [0.25, 0.3) is 0 Å². The van der Waals surface area contributed by atoms with E-state index in [2.05, 4.69) is 10.6 Å². The molecule has 0 aliphatic carbocycles. The van der Waals surface area contributed by atoms with Crippen LogP contribution in [-0.2, 0) is 15.5 Å². The van der Waals surface area contributed by atoms with Crippen molar-refractivity contribution in [2.24, 2.45) is 0 Å². The van der Waals surface area contributed by atoms with Crippen LogP contribution in [0.4, 0.5) is 0 Å². The lowest BCUT2D eigenvalue weighted by Crippen LogP contribution is -2.19. The minimum Gasteiger partial charge on any atom is -0.253 e. The summed E-state index contributed by atoms with van der Waals surface area (Å²) in [4.78, 5) is 0. The van der Waals surface area contributed by atoms with Crippen molar-refractivity contribution in [1.82, 2.24) is 4.72 Å². The van der Waals surface area contributed by atoms with Crippen molar-refractivity contribution in [3.8, 4) is 0 Å². The van der Waals surface area contributed by atoms with Crippen molar-refractivity contribution in [2.45, 2.75) is 5.75 Å². The average molecular weight is 183 g/mol. The lowest BCUT2D eigenvalue weighted by molar-refractivity contribution is 0.675. The summed E-state index contributed by atoms with van der Waals surface area (Å²) in [6.07, 6.45) is 0. The number of nitrogens with one attached hydrogen (secondary N) is 1. The molecule has 0 aliphatic rings. The Labute approximate surface area is 73.8 Å². The van der Waals surface area contributed by atoms with Crippen molar-refractivity contribution in [1.29, 1.82) is 0 Å². The van der Waals surface area contributed by atoms with Crippen LogP contribution < -0.4 is 4.72 Å². The van der Waals surface area contributed by atoms with Crippen LogP contribution in [-0.4, -0.2) is 17.1 Å². The van der Waals surface area contributed by atoms with Gasteiger partial charge in [-0.05, 0) is 18.5 Å². The van der Waals surface area contributed by atoms with Gasteiger partial charge < -0.3 is 0 Å². The number of rotatable bonds is 3. The van der Waals surface area contributed by atoms with E-state index in [0.29, 0.717) is 5.75 Å². The molecule has 66 valence electrons. The molecule has 0 fully saturated rings. The van der Waals surface area contributed by atoms with E-state index in [1.807, 2.05) is 30.3 Å². The maximum absolute atomic E-state index is 11.5. The fraction of sp³-hybridized carbons (Fsp3) is 0.222. The normalized spacial score (nSPS) is 15.4. The molecule has 1 N–H and O–H groups in total. The van der Waals surface area contributed by atoms with Crippen LogP contribution in [0, 0.1) is 0 Å². The Bertz CT molecular complexity index is 329. The minimum atomic E-state index is -2.12. The molecule has 2 nitrogen and oxygen atoms in total. The Morgan fingerprint density at radius 1 is 1.42 bits per heavy atom. The largest absolute Gasteiger partial charge is 0.253 e. The molecule has 0 amide bonds. The van der Waals surface area contributed by atoms with Crippen molar-refractivity contribution in [3.05, 3.63) is 35.9 Å². The van der Waals surface area contributed by atoms with Gasteiger partial charge >= 0.3 is 0 Å². The highest BCUT2D eigenvalue weighted by atomic mass is 32.2. The Hall–Kier alpha value is -0.800. The van der Waals surface area contributed by atoms with E-state index in [1.54, 1.807) is 7.05 Å². The van der Waals surface area contributed by atoms with Gasteiger partial charge in [-0.1, -0.05) is 30.3 Å². The maximum atomic E-state index is 11.5. The first-order valence-corrected chi connectivity index (χ1v) is 5.61. The van der Waals surface area contributed by atoms with Crippen LogP contribution in [0.5, 0.6) is 0 Å². The highest BCUT2D eigenvalue weighted by Gasteiger charge is 2.00. The SMILES string of the molecule is C=S(=O)(Cc1ccccc1)NC. The summed E-state index contributed by atoms with van der Waals surface area (Å²) < 4.78 is 14.2.